The number of ether oxygens (including phenoxy) is 1. The van der Waals surface area contributed by atoms with Crippen LogP contribution in [0, 0.1) is 6.92 Å². The second kappa shape index (κ2) is 5.24. The molecule has 0 aliphatic rings. The Labute approximate surface area is 114 Å². The van der Waals surface area contributed by atoms with Crippen molar-refractivity contribution in [1.29, 1.82) is 0 Å². The van der Waals surface area contributed by atoms with Gasteiger partial charge in [0.2, 0.25) is 0 Å². The number of methoxy groups -OCH3 is 1. The molecular formula is C13H11ClN2O3. The number of H-pyrrole nitrogens is 1. The summed E-state index contributed by atoms with van der Waals surface area (Å²) in [6, 6.07) is 6.88. The summed E-state index contributed by atoms with van der Waals surface area (Å²) in [5.74, 6) is 0.595. The molecule has 0 bridgehead atoms. The highest BCUT2D eigenvalue weighted by molar-refractivity contribution is 6.67. The summed E-state index contributed by atoms with van der Waals surface area (Å²) in [7, 11) is 1.54. The van der Waals surface area contributed by atoms with Crippen molar-refractivity contribution in [2.45, 2.75) is 6.92 Å². The fourth-order valence-electron chi connectivity index (χ4n) is 1.71. The fraction of sp³-hybridized carbons (Fsp3) is 0.154. The number of benzene rings is 1. The molecule has 0 spiro atoms. The number of carbonyl (C=O) groups excluding carboxylic acids is 1. The fourth-order valence-corrected chi connectivity index (χ4v) is 1.85. The lowest BCUT2D eigenvalue weighted by molar-refractivity contribution is 0.108. The van der Waals surface area contributed by atoms with Crippen LogP contribution in [0.4, 0.5) is 0 Å². The van der Waals surface area contributed by atoms with E-state index in [9.17, 15) is 9.59 Å². The van der Waals surface area contributed by atoms with E-state index in [4.69, 9.17) is 16.3 Å². The van der Waals surface area contributed by atoms with Crippen molar-refractivity contribution in [1.82, 2.24) is 10.2 Å². The molecule has 2 aromatic rings. The van der Waals surface area contributed by atoms with Gasteiger partial charge < -0.3 is 4.74 Å². The Bertz CT molecular complexity index is 695. The topological polar surface area (TPSA) is 72.1 Å². The Morgan fingerprint density at radius 2 is 2.11 bits per heavy atom. The van der Waals surface area contributed by atoms with Crippen LogP contribution in [0.1, 0.15) is 15.9 Å². The zero-order valence-corrected chi connectivity index (χ0v) is 11.1. The van der Waals surface area contributed by atoms with Gasteiger partial charge in [-0.15, -0.1) is 0 Å². The zero-order chi connectivity index (χ0) is 14.0. The van der Waals surface area contributed by atoms with Gasteiger partial charge in [-0.25, -0.2) is 5.10 Å². The second-order valence-corrected chi connectivity index (χ2v) is 4.32. The molecule has 98 valence electrons. The van der Waals surface area contributed by atoms with E-state index in [0.29, 0.717) is 17.0 Å². The van der Waals surface area contributed by atoms with Crippen LogP contribution in [0.25, 0.3) is 11.3 Å². The Hall–Kier alpha value is -2.14. The number of hydrogen-bond acceptors (Lipinski definition) is 4. The van der Waals surface area contributed by atoms with Crippen molar-refractivity contribution in [3.63, 3.8) is 0 Å². The smallest absolute Gasteiger partial charge is 0.276 e. The van der Waals surface area contributed by atoms with Crippen LogP contribution in [0.5, 0.6) is 5.75 Å². The molecule has 0 fully saturated rings. The molecule has 0 unspecified atom stereocenters. The largest absolute Gasteiger partial charge is 0.496 e. The molecular weight excluding hydrogens is 268 g/mol. The molecule has 0 atom stereocenters. The third-order valence-electron chi connectivity index (χ3n) is 2.65. The third kappa shape index (κ3) is 2.66. The monoisotopic (exact) mass is 278 g/mol. The Kier molecular flexibility index (Phi) is 3.66. The summed E-state index contributed by atoms with van der Waals surface area (Å²) in [6.07, 6.45) is 0. The van der Waals surface area contributed by atoms with E-state index in [1.54, 1.807) is 6.07 Å². The minimum atomic E-state index is -0.823. The second-order valence-electron chi connectivity index (χ2n) is 3.97. The normalized spacial score (nSPS) is 10.3. The van der Waals surface area contributed by atoms with E-state index in [0.717, 1.165) is 5.56 Å². The first-order chi connectivity index (χ1) is 9.02. The van der Waals surface area contributed by atoms with Crippen molar-refractivity contribution in [3.05, 3.63) is 45.7 Å². The van der Waals surface area contributed by atoms with Crippen LogP contribution >= 0.6 is 11.6 Å². The highest BCUT2D eigenvalue weighted by Gasteiger charge is 2.13. The van der Waals surface area contributed by atoms with Gasteiger partial charge in [0.15, 0.2) is 0 Å². The molecule has 1 aromatic heterocycles. The maximum absolute atomic E-state index is 11.4. The molecule has 5 nitrogen and oxygen atoms in total. The predicted molar refractivity (Wildman–Crippen MR) is 71.8 cm³/mol. The Morgan fingerprint density at radius 3 is 2.74 bits per heavy atom. The maximum Gasteiger partial charge on any atom is 0.276 e. The SMILES string of the molecule is COc1ccc(C)cc1-c1cc(C(=O)Cl)c(=O)[nH]n1. The van der Waals surface area contributed by atoms with E-state index in [2.05, 4.69) is 10.2 Å². The van der Waals surface area contributed by atoms with Crippen molar-refractivity contribution >= 4 is 16.8 Å². The minimum Gasteiger partial charge on any atom is -0.496 e. The number of aromatic nitrogens is 2. The average molecular weight is 279 g/mol. The van der Waals surface area contributed by atoms with Gasteiger partial charge in [-0.3, -0.25) is 9.59 Å². The van der Waals surface area contributed by atoms with E-state index >= 15 is 0 Å². The van der Waals surface area contributed by atoms with Crippen molar-refractivity contribution < 1.29 is 9.53 Å². The Balaban J connectivity index is 2.65. The maximum atomic E-state index is 11.4. The Morgan fingerprint density at radius 1 is 1.37 bits per heavy atom. The molecule has 19 heavy (non-hydrogen) atoms. The van der Waals surface area contributed by atoms with Crippen molar-refractivity contribution in [2.75, 3.05) is 7.11 Å². The van der Waals surface area contributed by atoms with Crippen LogP contribution in [0.2, 0.25) is 0 Å². The van der Waals surface area contributed by atoms with Crippen LogP contribution < -0.4 is 10.3 Å². The van der Waals surface area contributed by atoms with Gasteiger partial charge in [-0.05, 0) is 36.7 Å². The standard InChI is InChI=1S/C13H11ClN2O3/c1-7-3-4-11(19-2)8(5-7)10-6-9(12(14)17)13(18)16-15-10/h3-6H,1-2H3,(H,16,18). The van der Waals surface area contributed by atoms with Gasteiger partial charge in [-0.1, -0.05) is 11.6 Å². The van der Waals surface area contributed by atoms with E-state index < -0.39 is 10.8 Å². The summed E-state index contributed by atoms with van der Waals surface area (Å²) in [5.41, 5.74) is 1.34. The molecule has 1 aromatic carbocycles. The molecule has 0 amide bonds. The summed E-state index contributed by atoms with van der Waals surface area (Å²) in [4.78, 5) is 22.6. The van der Waals surface area contributed by atoms with Crippen molar-refractivity contribution in [3.8, 4) is 17.0 Å². The van der Waals surface area contributed by atoms with Crippen LogP contribution in [0.3, 0.4) is 0 Å². The molecule has 1 N–H and O–H groups in total. The number of aryl methyl sites for hydroxylation is 1. The van der Waals surface area contributed by atoms with E-state index in [-0.39, 0.29) is 5.56 Å². The number of hydrogen-bond donors (Lipinski definition) is 1. The average Bonchev–Trinajstić information content (AvgIpc) is 2.39. The zero-order valence-electron chi connectivity index (χ0n) is 10.4. The van der Waals surface area contributed by atoms with Crippen LogP contribution in [0.15, 0.2) is 29.1 Å². The van der Waals surface area contributed by atoms with E-state index in [1.807, 2.05) is 19.1 Å². The van der Waals surface area contributed by atoms with Gasteiger partial charge in [0.1, 0.15) is 11.3 Å². The highest BCUT2D eigenvalue weighted by atomic mass is 35.5. The molecule has 2 rings (SSSR count). The van der Waals surface area contributed by atoms with Crippen LogP contribution in [-0.4, -0.2) is 22.5 Å². The van der Waals surface area contributed by atoms with E-state index in [1.165, 1.54) is 13.2 Å². The minimum absolute atomic E-state index is 0.143. The summed E-state index contributed by atoms with van der Waals surface area (Å²) >= 11 is 5.35. The van der Waals surface area contributed by atoms with Gasteiger partial charge >= 0.3 is 0 Å². The summed E-state index contributed by atoms with van der Waals surface area (Å²) in [6.45, 7) is 1.92. The lowest BCUT2D eigenvalue weighted by Crippen LogP contribution is -2.16. The number of halogens is 1. The van der Waals surface area contributed by atoms with Gasteiger partial charge in [-0.2, -0.15) is 5.10 Å². The quantitative estimate of drug-likeness (QED) is 0.873. The first kappa shape index (κ1) is 13.3. The summed E-state index contributed by atoms with van der Waals surface area (Å²) < 4.78 is 5.24. The molecule has 0 aliphatic carbocycles. The third-order valence-corrected chi connectivity index (χ3v) is 2.85. The summed E-state index contributed by atoms with van der Waals surface area (Å²) in [5, 5.41) is 5.34. The van der Waals surface area contributed by atoms with Gasteiger partial charge in [0.05, 0.1) is 12.8 Å². The molecule has 0 aliphatic heterocycles. The lowest BCUT2D eigenvalue weighted by atomic mass is 10.1. The molecule has 0 radical (unpaired) electrons. The van der Waals surface area contributed by atoms with Crippen molar-refractivity contribution in [2.24, 2.45) is 0 Å². The molecule has 0 saturated carbocycles. The predicted octanol–water partition coefficient (Wildman–Crippen LogP) is 2.13. The number of nitrogens with one attached hydrogen (secondary N) is 1. The number of nitrogens with zero attached hydrogens (tertiary/aromatic N) is 1. The van der Waals surface area contributed by atoms with Gasteiger partial charge in [0.25, 0.3) is 10.8 Å². The van der Waals surface area contributed by atoms with Crippen LogP contribution in [-0.2, 0) is 0 Å². The molecule has 6 heteroatoms. The molecule has 1 heterocycles. The molecule has 0 saturated heterocycles. The number of carbonyl (C=O) groups is 1. The first-order valence-corrected chi connectivity index (χ1v) is 5.85. The number of aromatic amines is 1. The first-order valence-electron chi connectivity index (χ1n) is 5.47. The highest BCUT2D eigenvalue weighted by Crippen LogP contribution is 2.29. The lowest BCUT2D eigenvalue weighted by Gasteiger charge is -2.08. The number of rotatable bonds is 3. The van der Waals surface area contributed by atoms with Gasteiger partial charge in [0, 0.05) is 5.56 Å².